The quantitative estimate of drug-likeness (QED) is 0.299. The van der Waals surface area contributed by atoms with E-state index in [0.29, 0.717) is 35.2 Å². The summed E-state index contributed by atoms with van der Waals surface area (Å²) in [4.78, 5) is 17.8. The van der Waals surface area contributed by atoms with Gasteiger partial charge in [-0.1, -0.05) is 49.4 Å². The Balaban J connectivity index is 1.28. The normalized spacial score (nSPS) is 18.2. The van der Waals surface area contributed by atoms with Gasteiger partial charge in [0.1, 0.15) is 11.3 Å². The molecule has 2 aromatic heterocycles. The summed E-state index contributed by atoms with van der Waals surface area (Å²) in [6.07, 6.45) is 2.71. The van der Waals surface area contributed by atoms with Gasteiger partial charge >= 0.3 is 6.18 Å². The van der Waals surface area contributed by atoms with Crippen LogP contribution >= 0.6 is 0 Å². The lowest BCUT2D eigenvalue weighted by Crippen LogP contribution is -2.25. The highest BCUT2D eigenvalue weighted by Gasteiger charge is 2.30. The third-order valence-corrected chi connectivity index (χ3v) is 7.48. The van der Waals surface area contributed by atoms with E-state index >= 15 is 0 Å². The number of benzene rings is 2. The molecule has 2 aromatic carbocycles. The molecule has 1 N–H and O–H groups in total. The molecule has 1 fully saturated rings. The van der Waals surface area contributed by atoms with Crippen molar-refractivity contribution in [3.63, 3.8) is 0 Å². The molecule has 0 atom stereocenters. The summed E-state index contributed by atoms with van der Waals surface area (Å²) in [5.74, 6) is 0.795. The second-order valence-electron chi connectivity index (χ2n) is 9.79. The molecular formula is C30H30F3N3O. The molecule has 1 aliphatic rings. The Morgan fingerprint density at radius 2 is 1.59 bits per heavy atom. The van der Waals surface area contributed by atoms with E-state index in [9.17, 15) is 18.0 Å². The van der Waals surface area contributed by atoms with Crippen molar-refractivity contribution in [1.29, 1.82) is 0 Å². The van der Waals surface area contributed by atoms with Crippen LogP contribution in [0.2, 0.25) is 0 Å². The number of carbonyl (C=O) groups excluding carboxylic acids is 1. The van der Waals surface area contributed by atoms with E-state index in [1.807, 2.05) is 17.5 Å². The van der Waals surface area contributed by atoms with Gasteiger partial charge in [-0.2, -0.15) is 13.2 Å². The van der Waals surface area contributed by atoms with Crippen molar-refractivity contribution in [2.45, 2.75) is 63.6 Å². The van der Waals surface area contributed by atoms with Crippen LogP contribution in [0.5, 0.6) is 0 Å². The highest BCUT2D eigenvalue weighted by atomic mass is 19.4. The Morgan fingerprint density at radius 3 is 2.22 bits per heavy atom. The first-order valence-corrected chi connectivity index (χ1v) is 12.8. The standard InChI is InChI=1S/C30H30F3N3O/c1-2-26-28(29(37)34-19-20-8-14-25(15-9-20)30(31,32)33)36-17-16-24(18-27(36)35-26)23-12-10-22(11-13-23)21-6-4-3-5-7-21/h3-9,14-18,22-23H,2,10-13,19H2,1H3,(H,34,37). The zero-order valence-electron chi connectivity index (χ0n) is 20.8. The minimum atomic E-state index is -4.38. The number of carbonyl (C=O) groups is 1. The van der Waals surface area contributed by atoms with Gasteiger partial charge in [-0.25, -0.2) is 4.98 Å². The van der Waals surface area contributed by atoms with Gasteiger partial charge in [0.15, 0.2) is 0 Å². The monoisotopic (exact) mass is 505 g/mol. The zero-order valence-corrected chi connectivity index (χ0v) is 20.8. The van der Waals surface area contributed by atoms with Gasteiger partial charge in [-0.05, 0) is 84.9 Å². The SMILES string of the molecule is CCc1nc2cc(C3CCC(c4ccccc4)CC3)ccn2c1C(=O)NCc1ccc(C(F)(F)F)cc1. The molecule has 0 saturated heterocycles. The largest absolute Gasteiger partial charge is 0.416 e. The lowest BCUT2D eigenvalue weighted by Gasteiger charge is -2.29. The molecule has 1 aliphatic carbocycles. The smallest absolute Gasteiger partial charge is 0.347 e. The van der Waals surface area contributed by atoms with Crippen LogP contribution in [0, 0.1) is 0 Å². The molecule has 1 amide bonds. The second kappa shape index (κ2) is 10.4. The Morgan fingerprint density at radius 1 is 0.946 bits per heavy atom. The van der Waals surface area contributed by atoms with Crippen molar-refractivity contribution in [1.82, 2.24) is 14.7 Å². The van der Waals surface area contributed by atoms with Gasteiger partial charge in [-0.3, -0.25) is 9.20 Å². The number of pyridine rings is 1. The van der Waals surface area contributed by atoms with Crippen LogP contribution in [0.3, 0.4) is 0 Å². The van der Waals surface area contributed by atoms with Crippen LogP contribution in [0.1, 0.15) is 82.9 Å². The summed E-state index contributed by atoms with van der Waals surface area (Å²) in [5, 5.41) is 2.84. The maximum absolute atomic E-state index is 13.1. The fourth-order valence-electron chi connectivity index (χ4n) is 5.41. The number of nitrogens with one attached hydrogen (secondary N) is 1. The molecule has 37 heavy (non-hydrogen) atoms. The molecule has 0 radical (unpaired) electrons. The van der Waals surface area contributed by atoms with Gasteiger partial charge in [0.25, 0.3) is 5.91 Å². The van der Waals surface area contributed by atoms with Crippen LogP contribution < -0.4 is 5.32 Å². The highest BCUT2D eigenvalue weighted by Crippen LogP contribution is 2.40. The first-order valence-electron chi connectivity index (χ1n) is 12.8. The van der Waals surface area contributed by atoms with Gasteiger partial charge in [0.05, 0.1) is 11.3 Å². The van der Waals surface area contributed by atoms with Gasteiger partial charge in [0, 0.05) is 12.7 Å². The van der Waals surface area contributed by atoms with Crippen molar-refractivity contribution in [2.75, 3.05) is 0 Å². The van der Waals surface area contributed by atoms with Crippen molar-refractivity contribution < 1.29 is 18.0 Å². The number of imidazole rings is 1. The molecule has 0 unspecified atom stereocenters. The summed E-state index contributed by atoms with van der Waals surface area (Å²) < 4.78 is 40.2. The summed E-state index contributed by atoms with van der Waals surface area (Å²) in [5.41, 5.74) is 4.49. The van der Waals surface area contributed by atoms with Crippen LogP contribution in [-0.2, 0) is 19.1 Å². The summed E-state index contributed by atoms with van der Waals surface area (Å²) in [6.45, 7) is 2.09. The molecule has 4 nitrogen and oxygen atoms in total. The molecule has 0 spiro atoms. The average Bonchev–Trinajstić information content (AvgIpc) is 3.30. The van der Waals surface area contributed by atoms with Crippen LogP contribution in [0.4, 0.5) is 13.2 Å². The van der Waals surface area contributed by atoms with E-state index in [0.717, 1.165) is 43.5 Å². The molecule has 1 saturated carbocycles. The number of hydrogen-bond donors (Lipinski definition) is 1. The molecule has 0 aliphatic heterocycles. The lowest BCUT2D eigenvalue weighted by molar-refractivity contribution is -0.137. The fraction of sp³-hybridized carbons (Fsp3) is 0.333. The Bertz CT molecular complexity index is 1370. The topological polar surface area (TPSA) is 46.4 Å². The maximum atomic E-state index is 13.1. The summed E-state index contributed by atoms with van der Waals surface area (Å²) >= 11 is 0. The number of amides is 1. The van der Waals surface area contributed by atoms with E-state index in [1.165, 1.54) is 23.3 Å². The summed E-state index contributed by atoms with van der Waals surface area (Å²) in [6, 6.07) is 19.7. The molecular weight excluding hydrogens is 475 g/mol. The minimum Gasteiger partial charge on any atom is -0.347 e. The number of aryl methyl sites for hydroxylation is 1. The van der Waals surface area contributed by atoms with E-state index in [-0.39, 0.29) is 12.5 Å². The fourth-order valence-corrected chi connectivity index (χ4v) is 5.41. The van der Waals surface area contributed by atoms with Crippen molar-refractivity contribution in [3.05, 3.63) is 107 Å². The molecule has 5 rings (SSSR count). The number of halogens is 3. The van der Waals surface area contributed by atoms with Gasteiger partial charge < -0.3 is 5.32 Å². The van der Waals surface area contributed by atoms with E-state index in [4.69, 9.17) is 4.98 Å². The van der Waals surface area contributed by atoms with Crippen LogP contribution in [-0.4, -0.2) is 15.3 Å². The minimum absolute atomic E-state index is 0.135. The number of fused-ring (bicyclic) bond motifs is 1. The van der Waals surface area contributed by atoms with Crippen molar-refractivity contribution in [2.24, 2.45) is 0 Å². The third-order valence-electron chi connectivity index (χ3n) is 7.48. The van der Waals surface area contributed by atoms with Crippen molar-refractivity contribution >= 4 is 11.6 Å². The first kappa shape index (κ1) is 25.1. The predicted molar refractivity (Wildman–Crippen MR) is 138 cm³/mol. The van der Waals surface area contributed by atoms with E-state index in [2.05, 4.69) is 47.8 Å². The van der Waals surface area contributed by atoms with Crippen molar-refractivity contribution in [3.8, 4) is 0 Å². The number of aromatic nitrogens is 2. The molecule has 4 aromatic rings. The molecule has 7 heteroatoms. The highest BCUT2D eigenvalue weighted by molar-refractivity contribution is 5.94. The Hall–Kier alpha value is -3.61. The molecule has 2 heterocycles. The number of nitrogens with zero attached hydrogens (tertiary/aromatic N) is 2. The number of alkyl halides is 3. The summed E-state index contributed by atoms with van der Waals surface area (Å²) in [7, 11) is 0. The number of hydrogen-bond acceptors (Lipinski definition) is 2. The third kappa shape index (κ3) is 5.41. The van der Waals surface area contributed by atoms with Crippen LogP contribution in [0.25, 0.3) is 5.65 Å². The Labute approximate surface area is 214 Å². The van der Waals surface area contributed by atoms with Gasteiger partial charge in [-0.15, -0.1) is 0 Å². The predicted octanol–water partition coefficient (Wildman–Crippen LogP) is 7.29. The second-order valence-corrected chi connectivity index (χ2v) is 9.79. The van der Waals surface area contributed by atoms with Crippen LogP contribution in [0.15, 0.2) is 72.9 Å². The molecule has 0 bridgehead atoms. The average molecular weight is 506 g/mol. The zero-order chi connectivity index (χ0) is 26.0. The first-order chi connectivity index (χ1) is 17.8. The molecule has 192 valence electrons. The maximum Gasteiger partial charge on any atom is 0.416 e. The number of rotatable bonds is 6. The van der Waals surface area contributed by atoms with Gasteiger partial charge in [0.2, 0.25) is 0 Å². The van der Waals surface area contributed by atoms with E-state index in [1.54, 1.807) is 0 Å². The Kier molecular flexibility index (Phi) is 7.04. The lowest BCUT2D eigenvalue weighted by atomic mass is 9.76. The van der Waals surface area contributed by atoms with E-state index < -0.39 is 11.7 Å².